The summed E-state index contributed by atoms with van der Waals surface area (Å²) in [6.45, 7) is 18.3. The molecule has 0 amide bonds. The van der Waals surface area contributed by atoms with Crippen LogP contribution in [0, 0.1) is 18.8 Å². The van der Waals surface area contributed by atoms with E-state index in [9.17, 15) is 0 Å². The van der Waals surface area contributed by atoms with Gasteiger partial charge >= 0.3 is 0 Å². The van der Waals surface area contributed by atoms with Crippen molar-refractivity contribution in [3.63, 3.8) is 0 Å². The second kappa shape index (κ2) is 12.0. The van der Waals surface area contributed by atoms with Crippen molar-refractivity contribution in [1.82, 2.24) is 0 Å². The fourth-order valence-corrected chi connectivity index (χ4v) is 3.34. The van der Waals surface area contributed by atoms with Crippen molar-refractivity contribution < 1.29 is 0 Å². The molecule has 2 aromatic carbocycles. The molecule has 0 bridgehead atoms. The Morgan fingerprint density at radius 3 is 2.30 bits per heavy atom. The molecule has 0 fully saturated rings. The lowest BCUT2D eigenvalue weighted by Gasteiger charge is -2.11. The number of hydrogen-bond donors (Lipinski definition) is 0. The predicted molar refractivity (Wildman–Crippen MR) is 121 cm³/mol. The van der Waals surface area contributed by atoms with Crippen molar-refractivity contribution in [3.8, 4) is 11.8 Å². The second-order valence-corrected chi connectivity index (χ2v) is 7.16. The summed E-state index contributed by atoms with van der Waals surface area (Å²) in [5, 5.41) is 0. The van der Waals surface area contributed by atoms with Crippen molar-refractivity contribution in [2.75, 3.05) is 0 Å². The number of hydrogen-bond acceptors (Lipinski definition) is 0. The first-order valence-corrected chi connectivity index (χ1v) is 9.72. The van der Waals surface area contributed by atoms with Crippen LogP contribution in [0.15, 0.2) is 73.8 Å². The molecular formula is C27H34. The maximum Gasteiger partial charge on any atom is 0.0489 e. The molecule has 0 spiro atoms. The zero-order chi connectivity index (χ0) is 20.2. The molecule has 0 aliphatic heterocycles. The average molecular weight is 359 g/mol. The molecule has 2 atom stereocenters. The smallest absolute Gasteiger partial charge is 0.0489 e. The Morgan fingerprint density at radius 2 is 1.74 bits per heavy atom. The van der Waals surface area contributed by atoms with Crippen molar-refractivity contribution in [2.24, 2.45) is 0 Å². The maximum absolute atomic E-state index is 3.95. The summed E-state index contributed by atoms with van der Waals surface area (Å²) in [4.78, 5) is 0. The number of fused-ring (bicyclic) bond motifs is 1. The number of benzene rings is 2. The van der Waals surface area contributed by atoms with E-state index < -0.39 is 0 Å². The average Bonchev–Trinajstić information content (AvgIpc) is 3.05. The van der Waals surface area contributed by atoms with Crippen molar-refractivity contribution in [1.29, 1.82) is 0 Å². The van der Waals surface area contributed by atoms with E-state index in [2.05, 4.69) is 101 Å². The molecule has 27 heavy (non-hydrogen) atoms. The highest BCUT2D eigenvalue weighted by molar-refractivity contribution is 5.34. The zero-order valence-electron chi connectivity index (χ0n) is 17.5. The monoisotopic (exact) mass is 358 g/mol. The molecule has 2 unspecified atom stereocenters. The molecule has 0 heterocycles. The highest BCUT2D eigenvalue weighted by atomic mass is 14.2. The van der Waals surface area contributed by atoms with Gasteiger partial charge in [-0.25, -0.2) is 0 Å². The van der Waals surface area contributed by atoms with Gasteiger partial charge in [-0.15, -0.1) is 25.7 Å². The van der Waals surface area contributed by atoms with E-state index in [-0.39, 0.29) is 0 Å². The van der Waals surface area contributed by atoms with E-state index >= 15 is 0 Å². The van der Waals surface area contributed by atoms with E-state index in [1.807, 2.05) is 6.92 Å². The Bertz CT molecular complexity index is 768. The third-order valence-corrected chi connectivity index (χ3v) is 4.78. The maximum atomic E-state index is 3.95. The molecule has 0 heteroatoms. The fourth-order valence-electron chi connectivity index (χ4n) is 3.34. The number of aryl methyl sites for hydroxylation is 2. The van der Waals surface area contributed by atoms with Crippen LogP contribution in [0.25, 0.3) is 0 Å². The van der Waals surface area contributed by atoms with Crippen LogP contribution in [0.3, 0.4) is 0 Å². The molecule has 0 saturated heterocycles. The highest BCUT2D eigenvalue weighted by Crippen LogP contribution is 2.31. The molecule has 0 saturated carbocycles. The Hall–Kier alpha value is -2.52. The quantitative estimate of drug-likeness (QED) is 0.391. The lowest BCUT2D eigenvalue weighted by atomic mass is 9.93. The van der Waals surface area contributed by atoms with Crippen molar-refractivity contribution in [2.45, 2.75) is 58.8 Å². The van der Waals surface area contributed by atoms with Crippen molar-refractivity contribution >= 4 is 0 Å². The summed E-state index contributed by atoms with van der Waals surface area (Å²) in [5.41, 5.74) is 6.90. The van der Waals surface area contributed by atoms with Crippen LogP contribution in [-0.2, 0) is 6.42 Å². The molecule has 0 radical (unpaired) electrons. The summed E-state index contributed by atoms with van der Waals surface area (Å²) in [6, 6.07) is 17.4. The summed E-state index contributed by atoms with van der Waals surface area (Å²) in [5.74, 6) is 7.34. The van der Waals surface area contributed by atoms with Gasteiger partial charge in [-0.1, -0.05) is 72.5 Å². The van der Waals surface area contributed by atoms with E-state index in [1.165, 1.54) is 29.5 Å². The van der Waals surface area contributed by atoms with Crippen LogP contribution in [0.1, 0.15) is 67.7 Å². The lowest BCUT2D eigenvalue weighted by Crippen LogP contribution is -1.96. The molecule has 142 valence electrons. The van der Waals surface area contributed by atoms with Gasteiger partial charge in [0, 0.05) is 5.92 Å². The third kappa shape index (κ3) is 7.32. The van der Waals surface area contributed by atoms with Gasteiger partial charge in [-0.05, 0) is 62.6 Å². The minimum atomic E-state index is 0.299. The fraction of sp³-hybridized carbons (Fsp3) is 0.333. The topological polar surface area (TPSA) is 0 Å². The van der Waals surface area contributed by atoms with E-state index in [1.54, 1.807) is 11.1 Å². The Morgan fingerprint density at radius 1 is 1.11 bits per heavy atom. The minimum Gasteiger partial charge on any atom is -0.106 e. The SMILES string of the molecule is C=C.C=C(C)CC(C#CC)c1ccc(C)cc1.CC1CCc2ccccc21. The molecule has 1 aliphatic carbocycles. The molecule has 0 aromatic heterocycles. The van der Waals surface area contributed by atoms with E-state index in [4.69, 9.17) is 0 Å². The first-order chi connectivity index (χ1) is 13.0. The van der Waals surface area contributed by atoms with Gasteiger partial charge in [-0.3, -0.25) is 0 Å². The Kier molecular flexibility index (Phi) is 9.99. The third-order valence-electron chi connectivity index (χ3n) is 4.78. The first kappa shape index (κ1) is 22.5. The van der Waals surface area contributed by atoms with Crippen LogP contribution in [-0.4, -0.2) is 0 Å². The summed E-state index contributed by atoms with van der Waals surface area (Å²) >= 11 is 0. The van der Waals surface area contributed by atoms with Crippen LogP contribution in [0.5, 0.6) is 0 Å². The lowest BCUT2D eigenvalue weighted by molar-refractivity contribution is 0.747. The first-order valence-electron chi connectivity index (χ1n) is 9.72. The second-order valence-electron chi connectivity index (χ2n) is 7.16. The zero-order valence-corrected chi connectivity index (χ0v) is 17.5. The summed E-state index contributed by atoms with van der Waals surface area (Å²) in [6.07, 6.45) is 3.58. The van der Waals surface area contributed by atoms with Crippen molar-refractivity contribution in [3.05, 3.63) is 96.1 Å². The molecule has 0 N–H and O–H groups in total. The number of rotatable bonds is 3. The summed E-state index contributed by atoms with van der Waals surface area (Å²) < 4.78 is 0. The van der Waals surface area contributed by atoms with Crippen LogP contribution in [0.2, 0.25) is 0 Å². The Labute approximate surface area is 167 Å². The molecule has 0 nitrogen and oxygen atoms in total. The van der Waals surface area contributed by atoms with E-state index in [0.717, 1.165) is 12.3 Å². The van der Waals surface area contributed by atoms with E-state index in [0.29, 0.717) is 5.92 Å². The summed E-state index contributed by atoms with van der Waals surface area (Å²) in [7, 11) is 0. The number of allylic oxidation sites excluding steroid dienone is 1. The largest absolute Gasteiger partial charge is 0.106 e. The van der Waals surface area contributed by atoms with Gasteiger partial charge in [-0.2, -0.15) is 0 Å². The molecule has 2 aromatic rings. The van der Waals surface area contributed by atoms with Gasteiger partial charge in [0.1, 0.15) is 0 Å². The van der Waals surface area contributed by atoms with Crippen LogP contribution in [0.4, 0.5) is 0 Å². The predicted octanol–water partition coefficient (Wildman–Crippen LogP) is 7.61. The normalized spacial score (nSPS) is 14.9. The highest BCUT2D eigenvalue weighted by Gasteiger charge is 2.16. The van der Waals surface area contributed by atoms with Crippen LogP contribution < -0.4 is 0 Å². The van der Waals surface area contributed by atoms with Gasteiger partial charge in [0.25, 0.3) is 0 Å². The standard InChI is InChI=1S/C15H18.C10H12.C2H4/c1-5-6-15(11-12(2)3)14-9-7-13(4)8-10-14;1-8-6-7-9-4-2-3-5-10(8)9;1-2/h7-10,15H,2,11H2,1,3-4H3;2-5,8H,6-7H2,1H3;1-2H2. The van der Waals surface area contributed by atoms with Gasteiger partial charge in [0.2, 0.25) is 0 Å². The molecule has 3 rings (SSSR count). The van der Waals surface area contributed by atoms with Crippen LogP contribution >= 0.6 is 0 Å². The molecule has 1 aliphatic rings. The van der Waals surface area contributed by atoms with Gasteiger partial charge < -0.3 is 0 Å². The Balaban J connectivity index is 0.000000262. The van der Waals surface area contributed by atoms with Gasteiger partial charge in [0.15, 0.2) is 0 Å². The van der Waals surface area contributed by atoms with Gasteiger partial charge in [0.05, 0.1) is 0 Å². The molecular weight excluding hydrogens is 324 g/mol. The minimum absolute atomic E-state index is 0.299.